The molecule has 0 fully saturated rings. The molecule has 152 valence electrons. The van der Waals surface area contributed by atoms with Gasteiger partial charge in [0.15, 0.2) is 6.61 Å². The summed E-state index contributed by atoms with van der Waals surface area (Å²) in [7, 11) is 0. The molecule has 0 aliphatic heterocycles. The maximum Gasteiger partial charge on any atom is 0.329 e. The maximum atomic E-state index is 12.6. The topological polar surface area (TPSA) is 82.3 Å². The Kier molecular flexibility index (Phi) is 6.53. The lowest BCUT2D eigenvalue weighted by molar-refractivity contribution is -0.147. The minimum atomic E-state index is -0.534. The van der Waals surface area contributed by atoms with Gasteiger partial charge < -0.3 is 10.1 Å². The molecule has 3 rings (SSSR count). The van der Waals surface area contributed by atoms with Crippen LogP contribution in [0.2, 0.25) is 0 Å². The summed E-state index contributed by atoms with van der Waals surface area (Å²) in [6, 6.07) is 12.9. The summed E-state index contributed by atoms with van der Waals surface area (Å²) in [5.74, 6) is -0.948. The number of amides is 1. The Balaban J connectivity index is 1.57. The number of nitrogens with zero attached hydrogens (tertiary/aromatic N) is 2. The van der Waals surface area contributed by atoms with Crippen molar-refractivity contribution >= 4 is 44.5 Å². The molecule has 0 bridgehead atoms. The predicted molar refractivity (Wildman–Crippen MR) is 115 cm³/mol. The second kappa shape index (κ2) is 9.09. The zero-order valence-corrected chi connectivity index (χ0v) is 17.9. The van der Waals surface area contributed by atoms with Gasteiger partial charge in [-0.1, -0.05) is 28.1 Å². The predicted octanol–water partition coefficient (Wildman–Crippen LogP) is 3.47. The lowest BCUT2D eigenvalue weighted by Crippen LogP contribution is -2.26. The van der Waals surface area contributed by atoms with Gasteiger partial charge in [-0.05, 0) is 49.7 Å². The SMILES string of the molecule is CCn1c(=O)n(CCC(=O)OCC(=O)Nc2ccc(Br)cc2C)c2ccccc21. The van der Waals surface area contributed by atoms with Crippen LogP contribution in [0, 0.1) is 6.92 Å². The first-order valence-corrected chi connectivity index (χ1v) is 10.1. The third-order valence-electron chi connectivity index (χ3n) is 4.61. The molecule has 1 N–H and O–H groups in total. The van der Waals surface area contributed by atoms with Gasteiger partial charge in [0.2, 0.25) is 0 Å². The van der Waals surface area contributed by atoms with Crippen LogP contribution in [0.5, 0.6) is 0 Å². The molecule has 2 aromatic carbocycles. The lowest BCUT2D eigenvalue weighted by atomic mass is 10.2. The van der Waals surface area contributed by atoms with Gasteiger partial charge in [0.25, 0.3) is 5.91 Å². The molecule has 0 aliphatic rings. The second-order valence-electron chi connectivity index (χ2n) is 6.59. The van der Waals surface area contributed by atoms with Crippen LogP contribution in [0.1, 0.15) is 18.9 Å². The smallest absolute Gasteiger partial charge is 0.329 e. The van der Waals surface area contributed by atoms with E-state index in [1.807, 2.05) is 50.2 Å². The van der Waals surface area contributed by atoms with Crippen molar-refractivity contribution in [3.05, 3.63) is 63.0 Å². The zero-order valence-electron chi connectivity index (χ0n) is 16.3. The van der Waals surface area contributed by atoms with Crippen molar-refractivity contribution in [2.24, 2.45) is 0 Å². The molecular formula is C21H22BrN3O4. The van der Waals surface area contributed by atoms with E-state index in [2.05, 4.69) is 21.2 Å². The van der Waals surface area contributed by atoms with Crippen LogP contribution in [0.3, 0.4) is 0 Å². The van der Waals surface area contributed by atoms with E-state index in [0.29, 0.717) is 12.2 Å². The highest BCUT2D eigenvalue weighted by atomic mass is 79.9. The molecule has 1 amide bonds. The third kappa shape index (κ3) is 4.76. The van der Waals surface area contributed by atoms with Gasteiger partial charge in [0, 0.05) is 23.2 Å². The van der Waals surface area contributed by atoms with E-state index < -0.39 is 11.9 Å². The second-order valence-corrected chi connectivity index (χ2v) is 7.50. The number of esters is 1. The first kappa shape index (κ1) is 20.9. The van der Waals surface area contributed by atoms with Crippen LogP contribution >= 0.6 is 15.9 Å². The largest absolute Gasteiger partial charge is 0.456 e. The number of nitrogens with one attached hydrogen (secondary N) is 1. The number of hydrogen-bond acceptors (Lipinski definition) is 4. The number of carbonyl (C=O) groups excluding carboxylic acids is 2. The van der Waals surface area contributed by atoms with Crippen LogP contribution in [0.25, 0.3) is 11.0 Å². The highest BCUT2D eigenvalue weighted by molar-refractivity contribution is 9.10. The van der Waals surface area contributed by atoms with Crippen molar-refractivity contribution in [2.45, 2.75) is 33.4 Å². The zero-order chi connectivity index (χ0) is 21.0. The molecule has 0 atom stereocenters. The molecule has 1 heterocycles. The molecule has 3 aromatic rings. The molecule has 0 aliphatic carbocycles. The van der Waals surface area contributed by atoms with Crippen molar-refractivity contribution in [2.75, 3.05) is 11.9 Å². The van der Waals surface area contributed by atoms with E-state index in [1.54, 1.807) is 15.2 Å². The number of halogens is 1. The van der Waals surface area contributed by atoms with E-state index in [0.717, 1.165) is 21.1 Å². The molecule has 0 radical (unpaired) electrons. The number of anilines is 1. The maximum absolute atomic E-state index is 12.6. The third-order valence-corrected chi connectivity index (χ3v) is 5.10. The fraction of sp³-hybridized carbons (Fsp3) is 0.286. The van der Waals surface area contributed by atoms with Crippen molar-refractivity contribution in [1.82, 2.24) is 9.13 Å². The minimum absolute atomic E-state index is 0.00220. The molecule has 0 saturated heterocycles. The average molecular weight is 460 g/mol. The highest BCUT2D eigenvalue weighted by Crippen LogP contribution is 2.20. The molecular weight excluding hydrogens is 438 g/mol. The Labute approximate surface area is 176 Å². The quantitative estimate of drug-likeness (QED) is 0.548. The number of hydrogen-bond donors (Lipinski definition) is 1. The summed E-state index contributed by atoms with van der Waals surface area (Å²) in [5.41, 5.74) is 3.00. The van der Waals surface area contributed by atoms with E-state index in [-0.39, 0.29) is 25.3 Å². The highest BCUT2D eigenvalue weighted by Gasteiger charge is 2.14. The number of aryl methyl sites for hydroxylation is 3. The minimum Gasteiger partial charge on any atom is -0.456 e. The first-order valence-electron chi connectivity index (χ1n) is 9.30. The first-order chi connectivity index (χ1) is 13.9. The van der Waals surface area contributed by atoms with Crippen LogP contribution < -0.4 is 11.0 Å². The summed E-state index contributed by atoms with van der Waals surface area (Å²) in [5, 5.41) is 2.72. The Bertz CT molecular complexity index is 1120. The number of para-hydroxylation sites is 2. The summed E-state index contributed by atoms with van der Waals surface area (Å²) >= 11 is 3.37. The average Bonchev–Trinajstić information content (AvgIpc) is 2.97. The number of ether oxygens (including phenoxy) is 1. The number of benzene rings is 2. The van der Waals surface area contributed by atoms with Crippen molar-refractivity contribution in [1.29, 1.82) is 0 Å². The number of imidazole rings is 1. The number of fused-ring (bicyclic) bond motifs is 1. The fourth-order valence-corrected chi connectivity index (χ4v) is 3.64. The van der Waals surface area contributed by atoms with Gasteiger partial charge in [-0.25, -0.2) is 4.79 Å². The van der Waals surface area contributed by atoms with Crippen LogP contribution in [0.4, 0.5) is 5.69 Å². The lowest BCUT2D eigenvalue weighted by Gasteiger charge is -2.09. The molecule has 0 spiro atoms. The summed E-state index contributed by atoms with van der Waals surface area (Å²) in [4.78, 5) is 36.7. The standard InChI is InChI=1S/C21H22BrN3O4/c1-3-24-17-6-4-5-7-18(17)25(21(24)28)11-10-20(27)29-13-19(26)23-16-9-8-15(22)12-14(16)2/h4-9,12H,3,10-11,13H2,1-2H3,(H,23,26). The van der Waals surface area contributed by atoms with Gasteiger partial charge >= 0.3 is 11.7 Å². The normalized spacial score (nSPS) is 10.9. The molecule has 7 nitrogen and oxygen atoms in total. The van der Waals surface area contributed by atoms with Gasteiger partial charge in [-0.3, -0.25) is 18.7 Å². The van der Waals surface area contributed by atoms with Crippen LogP contribution in [-0.4, -0.2) is 27.6 Å². The summed E-state index contributed by atoms with van der Waals surface area (Å²) < 4.78 is 9.20. The van der Waals surface area contributed by atoms with Crippen LogP contribution in [-0.2, 0) is 27.4 Å². The molecule has 0 unspecified atom stereocenters. The fourth-order valence-electron chi connectivity index (χ4n) is 3.17. The number of carbonyl (C=O) groups is 2. The molecule has 1 aromatic heterocycles. The summed E-state index contributed by atoms with van der Waals surface area (Å²) in [6.07, 6.45) is 0.00220. The van der Waals surface area contributed by atoms with E-state index in [9.17, 15) is 14.4 Å². The molecule has 29 heavy (non-hydrogen) atoms. The van der Waals surface area contributed by atoms with Crippen molar-refractivity contribution in [3.8, 4) is 0 Å². The van der Waals surface area contributed by atoms with Crippen LogP contribution in [0.15, 0.2) is 51.7 Å². The summed E-state index contributed by atoms with van der Waals surface area (Å²) in [6.45, 7) is 4.14. The van der Waals surface area contributed by atoms with Gasteiger partial charge in [-0.2, -0.15) is 0 Å². The van der Waals surface area contributed by atoms with Gasteiger partial charge in [0.05, 0.1) is 17.5 Å². The Hall–Kier alpha value is -2.87. The van der Waals surface area contributed by atoms with E-state index >= 15 is 0 Å². The molecule has 0 saturated carbocycles. The van der Waals surface area contributed by atoms with E-state index in [1.165, 1.54) is 0 Å². The van der Waals surface area contributed by atoms with Crippen molar-refractivity contribution in [3.63, 3.8) is 0 Å². The Morgan fingerprint density at radius 1 is 1.10 bits per heavy atom. The molecule has 8 heteroatoms. The van der Waals surface area contributed by atoms with Gasteiger partial charge in [-0.15, -0.1) is 0 Å². The van der Waals surface area contributed by atoms with Gasteiger partial charge in [0.1, 0.15) is 0 Å². The number of rotatable bonds is 7. The Morgan fingerprint density at radius 2 is 1.79 bits per heavy atom. The Morgan fingerprint density at radius 3 is 2.45 bits per heavy atom. The monoisotopic (exact) mass is 459 g/mol. The van der Waals surface area contributed by atoms with Crippen molar-refractivity contribution < 1.29 is 14.3 Å². The number of aromatic nitrogens is 2. The van der Waals surface area contributed by atoms with E-state index in [4.69, 9.17) is 4.74 Å².